The third-order valence-corrected chi connectivity index (χ3v) is 2.34. The largest absolute Gasteiger partial charge is 0.396 e. The molecule has 76 valence electrons. The summed E-state index contributed by atoms with van der Waals surface area (Å²) in [5.41, 5.74) is 6.15. The molecule has 0 aliphatic rings. The van der Waals surface area contributed by atoms with Gasteiger partial charge in [0.15, 0.2) is 0 Å². The van der Waals surface area contributed by atoms with Crippen LogP contribution in [-0.2, 0) is 0 Å². The minimum Gasteiger partial charge on any atom is -0.396 e. The number of aliphatic hydroxyl groups is 2. The average molecular weight is 211 g/mol. The third-order valence-electron chi connectivity index (χ3n) is 2.10. The first kappa shape index (κ1) is 11.1. The van der Waals surface area contributed by atoms with E-state index in [2.05, 4.69) is 12.2 Å². The highest BCUT2D eigenvalue weighted by molar-refractivity contribution is 7.80. The Bertz CT molecular complexity index is 302. The van der Waals surface area contributed by atoms with Crippen molar-refractivity contribution in [2.24, 2.45) is 5.73 Å². The van der Waals surface area contributed by atoms with Crippen molar-refractivity contribution < 1.29 is 10.2 Å². The molecule has 1 rings (SSSR count). The summed E-state index contributed by atoms with van der Waals surface area (Å²) >= 11 is 4.68. The normalized spacial score (nSPS) is 14.7. The van der Waals surface area contributed by atoms with Crippen LogP contribution in [-0.4, -0.2) is 27.9 Å². The average Bonchev–Trinajstić information content (AvgIpc) is 2.20. The van der Waals surface area contributed by atoms with Crippen molar-refractivity contribution in [2.75, 3.05) is 6.61 Å². The summed E-state index contributed by atoms with van der Waals surface area (Å²) < 4.78 is 0. The number of nitrogens with two attached hydrogens (primary N) is 1. The molecule has 1 aromatic carbocycles. The quantitative estimate of drug-likeness (QED) is 0.631. The Labute approximate surface area is 88.2 Å². The van der Waals surface area contributed by atoms with Crippen LogP contribution in [0.15, 0.2) is 30.3 Å². The molecular weight excluding hydrogens is 198 g/mol. The fraction of sp³-hybridized carbons (Fsp3) is 0.300. The van der Waals surface area contributed by atoms with Gasteiger partial charge in [-0.15, -0.1) is 0 Å². The first-order chi connectivity index (χ1) is 6.66. The van der Waals surface area contributed by atoms with Crippen molar-refractivity contribution in [1.29, 1.82) is 0 Å². The van der Waals surface area contributed by atoms with E-state index in [0.29, 0.717) is 0 Å². The molecule has 0 spiro atoms. The summed E-state index contributed by atoms with van der Waals surface area (Å²) in [6.07, 6.45) is -0.975. The highest BCUT2D eigenvalue weighted by Gasteiger charge is 2.22. The molecular formula is C10H13NO2S. The molecule has 0 heterocycles. The second-order valence-corrected chi connectivity index (χ2v) is 3.52. The highest BCUT2D eigenvalue weighted by atomic mass is 32.1. The summed E-state index contributed by atoms with van der Waals surface area (Å²) in [6.45, 7) is -0.178. The molecule has 1 unspecified atom stereocenters. The maximum atomic E-state index is 9.61. The summed E-state index contributed by atoms with van der Waals surface area (Å²) in [6, 6.07) is 9.18. The van der Waals surface area contributed by atoms with Crippen LogP contribution < -0.4 is 5.73 Å². The standard InChI is InChI=1S/C10H13NO2S/c11-10(14)9(13)8(6-12)7-4-2-1-3-5-7/h1-5,8-9,12-13H,6H2,(H2,11,14)/t8?,9-/m1/s1. The van der Waals surface area contributed by atoms with Crippen molar-refractivity contribution in [3.63, 3.8) is 0 Å². The van der Waals surface area contributed by atoms with Crippen LogP contribution in [0.25, 0.3) is 0 Å². The molecule has 4 N–H and O–H groups in total. The number of hydrogen-bond acceptors (Lipinski definition) is 3. The molecule has 0 saturated heterocycles. The van der Waals surface area contributed by atoms with E-state index < -0.39 is 12.0 Å². The summed E-state index contributed by atoms with van der Waals surface area (Å²) in [7, 11) is 0. The van der Waals surface area contributed by atoms with Crippen LogP contribution >= 0.6 is 12.2 Å². The van der Waals surface area contributed by atoms with Gasteiger partial charge in [0.2, 0.25) is 0 Å². The number of aliphatic hydroxyl groups excluding tert-OH is 2. The Morgan fingerprint density at radius 1 is 1.36 bits per heavy atom. The molecule has 0 saturated carbocycles. The first-order valence-corrected chi connectivity index (χ1v) is 4.71. The van der Waals surface area contributed by atoms with Gasteiger partial charge in [-0.1, -0.05) is 42.5 Å². The topological polar surface area (TPSA) is 66.5 Å². The lowest BCUT2D eigenvalue weighted by Crippen LogP contribution is -2.34. The fourth-order valence-corrected chi connectivity index (χ4v) is 1.45. The summed E-state index contributed by atoms with van der Waals surface area (Å²) in [5, 5.41) is 18.7. The van der Waals surface area contributed by atoms with Crippen LogP contribution in [0.4, 0.5) is 0 Å². The van der Waals surface area contributed by atoms with Crippen molar-refractivity contribution in [3.8, 4) is 0 Å². The molecule has 3 nitrogen and oxygen atoms in total. The Kier molecular flexibility index (Phi) is 4.00. The van der Waals surface area contributed by atoms with Gasteiger partial charge < -0.3 is 15.9 Å². The van der Waals surface area contributed by atoms with Gasteiger partial charge >= 0.3 is 0 Å². The summed E-state index contributed by atoms with van der Waals surface area (Å²) in [4.78, 5) is 0.00732. The molecule has 0 radical (unpaired) electrons. The Hall–Kier alpha value is -0.970. The highest BCUT2D eigenvalue weighted by Crippen LogP contribution is 2.19. The van der Waals surface area contributed by atoms with Crippen molar-refractivity contribution >= 4 is 17.2 Å². The molecule has 0 bridgehead atoms. The van der Waals surface area contributed by atoms with Gasteiger partial charge in [0.1, 0.15) is 11.1 Å². The van der Waals surface area contributed by atoms with Gasteiger partial charge in [0.25, 0.3) is 0 Å². The van der Waals surface area contributed by atoms with E-state index in [9.17, 15) is 5.11 Å². The maximum Gasteiger partial charge on any atom is 0.113 e. The Morgan fingerprint density at radius 3 is 2.36 bits per heavy atom. The first-order valence-electron chi connectivity index (χ1n) is 4.30. The number of benzene rings is 1. The lowest BCUT2D eigenvalue weighted by Gasteiger charge is -2.19. The zero-order chi connectivity index (χ0) is 10.6. The zero-order valence-electron chi connectivity index (χ0n) is 7.63. The molecule has 1 aromatic rings. The van der Waals surface area contributed by atoms with Gasteiger partial charge in [-0.05, 0) is 5.56 Å². The molecule has 0 fully saturated rings. The summed E-state index contributed by atoms with van der Waals surface area (Å²) in [5.74, 6) is -0.436. The number of hydrogen-bond donors (Lipinski definition) is 3. The second kappa shape index (κ2) is 5.05. The Balaban J connectivity index is 2.87. The van der Waals surface area contributed by atoms with E-state index in [4.69, 9.17) is 10.8 Å². The zero-order valence-corrected chi connectivity index (χ0v) is 8.45. The maximum absolute atomic E-state index is 9.61. The smallest absolute Gasteiger partial charge is 0.113 e. The number of thiocarbonyl (C=S) groups is 1. The van der Waals surface area contributed by atoms with Gasteiger partial charge in [-0.2, -0.15) is 0 Å². The molecule has 0 aliphatic heterocycles. The van der Waals surface area contributed by atoms with Crippen LogP contribution in [0.3, 0.4) is 0 Å². The molecule has 0 amide bonds. The monoisotopic (exact) mass is 211 g/mol. The molecule has 4 heteroatoms. The van der Waals surface area contributed by atoms with Crippen molar-refractivity contribution in [2.45, 2.75) is 12.0 Å². The lowest BCUT2D eigenvalue weighted by molar-refractivity contribution is 0.156. The van der Waals surface area contributed by atoms with Crippen molar-refractivity contribution in [3.05, 3.63) is 35.9 Å². The number of rotatable bonds is 4. The predicted molar refractivity (Wildman–Crippen MR) is 59.1 cm³/mol. The fourth-order valence-electron chi connectivity index (χ4n) is 1.29. The van der Waals surface area contributed by atoms with Crippen LogP contribution in [0.5, 0.6) is 0 Å². The van der Waals surface area contributed by atoms with E-state index in [-0.39, 0.29) is 11.6 Å². The predicted octanol–water partition coefficient (Wildman–Crippen LogP) is 0.410. The van der Waals surface area contributed by atoms with E-state index in [1.54, 1.807) is 0 Å². The van der Waals surface area contributed by atoms with Crippen LogP contribution in [0, 0.1) is 0 Å². The van der Waals surface area contributed by atoms with E-state index in [1.807, 2.05) is 30.3 Å². The second-order valence-electron chi connectivity index (χ2n) is 3.05. The van der Waals surface area contributed by atoms with Crippen LogP contribution in [0.1, 0.15) is 11.5 Å². The van der Waals surface area contributed by atoms with E-state index in [1.165, 1.54) is 0 Å². The van der Waals surface area contributed by atoms with E-state index >= 15 is 0 Å². The van der Waals surface area contributed by atoms with Gasteiger partial charge in [-0.3, -0.25) is 0 Å². The minimum absolute atomic E-state index is 0.00732. The van der Waals surface area contributed by atoms with Crippen molar-refractivity contribution in [1.82, 2.24) is 0 Å². The minimum atomic E-state index is -0.975. The SMILES string of the molecule is NC(=S)[C@H](O)C(CO)c1ccccc1. The lowest BCUT2D eigenvalue weighted by atomic mass is 9.94. The molecule has 0 aromatic heterocycles. The van der Waals surface area contributed by atoms with Gasteiger partial charge in [0.05, 0.1) is 6.61 Å². The van der Waals surface area contributed by atoms with E-state index in [0.717, 1.165) is 5.56 Å². The van der Waals surface area contributed by atoms with Gasteiger partial charge in [0, 0.05) is 5.92 Å². The Morgan fingerprint density at radius 2 is 1.93 bits per heavy atom. The van der Waals surface area contributed by atoms with Crippen LogP contribution in [0.2, 0.25) is 0 Å². The van der Waals surface area contributed by atoms with Gasteiger partial charge in [-0.25, -0.2) is 0 Å². The third kappa shape index (κ3) is 2.51. The molecule has 2 atom stereocenters. The molecule has 0 aliphatic carbocycles. The molecule has 14 heavy (non-hydrogen) atoms.